The molecule has 0 aromatic rings. The molecule has 0 saturated carbocycles. The van der Waals surface area contributed by atoms with Gasteiger partial charge in [-0.2, -0.15) is 0 Å². The fourth-order valence-corrected chi connectivity index (χ4v) is 1.82. The monoisotopic (exact) mass is 285 g/mol. The second kappa shape index (κ2) is 11.5. The van der Waals surface area contributed by atoms with Gasteiger partial charge in [-0.05, 0) is 6.42 Å². The highest BCUT2D eigenvalue weighted by molar-refractivity contribution is 5.84. The molecule has 116 valence electrons. The van der Waals surface area contributed by atoms with E-state index in [-0.39, 0.29) is 5.91 Å². The minimum Gasteiger partial charge on any atom is -0.467 e. The van der Waals surface area contributed by atoms with E-state index < -0.39 is 18.1 Å². The molecule has 0 bridgehead atoms. The van der Waals surface area contributed by atoms with Gasteiger partial charge in [-0.1, -0.05) is 51.2 Å². The summed E-state index contributed by atoms with van der Waals surface area (Å²) in [6.07, 6.45) is 8.73. The Morgan fingerprint density at radius 1 is 1.20 bits per heavy atom. The molecule has 20 heavy (non-hydrogen) atoms. The summed E-state index contributed by atoms with van der Waals surface area (Å²) in [7, 11) is 1.26. The van der Waals surface area contributed by atoms with E-state index in [2.05, 4.69) is 17.0 Å². The molecule has 2 N–H and O–H groups in total. The van der Waals surface area contributed by atoms with Crippen LogP contribution in [-0.4, -0.2) is 36.2 Å². The van der Waals surface area contributed by atoms with Crippen LogP contribution in [0.2, 0.25) is 0 Å². The van der Waals surface area contributed by atoms with Gasteiger partial charge in [0.2, 0.25) is 5.91 Å². The lowest BCUT2D eigenvalue weighted by Gasteiger charge is -2.12. The molecule has 2 atom stereocenters. The van der Waals surface area contributed by atoms with E-state index >= 15 is 0 Å². The second-order valence-electron chi connectivity index (χ2n) is 4.86. The van der Waals surface area contributed by atoms with Crippen LogP contribution in [0.1, 0.15) is 52.4 Å². The zero-order valence-corrected chi connectivity index (χ0v) is 12.7. The lowest BCUT2D eigenvalue weighted by Crippen LogP contribution is -2.39. The summed E-state index contributed by atoms with van der Waals surface area (Å²) in [4.78, 5) is 22.4. The molecule has 0 heterocycles. The van der Waals surface area contributed by atoms with E-state index in [1.807, 2.05) is 0 Å². The number of aliphatic hydroxyl groups excluding tert-OH is 1. The van der Waals surface area contributed by atoms with Crippen LogP contribution >= 0.6 is 0 Å². The van der Waals surface area contributed by atoms with Gasteiger partial charge in [0.05, 0.1) is 13.2 Å². The van der Waals surface area contributed by atoms with Crippen LogP contribution in [-0.2, 0) is 14.3 Å². The van der Waals surface area contributed by atoms with Crippen LogP contribution in [0.5, 0.6) is 0 Å². The van der Waals surface area contributed by atoms with Crippen molar-refractivity contribution < 1.29 is 19.4 Å². The Bertz CT molecular complexity index is 315. The minimum absolute atomic E-state index is 0.320. The Kier molecular flexibility index (Phi) is 10.7. The molecule has 0 aliphatic rings. The van der Waals surface area contributed by atoms with Gasteiger partial charge >= 0.3 is 5.97 Å². The SMILES string of the molecule is CCCCCCCC(O)/C=C/C(NC(C)=O)C(=O)OC. The first kappa shape index (κ1) is 18.6. The quantitative estimate of drug-likeness (QED) is 0.365. The lowest BCUT2D eigenvalue weighted by atomic mass is 10.1. The molecule has 5 heteroatoms. The number of ether oxygens (including phenoxy) is 1. The van der Waals surface area contributed by atoms with E-state index in [9.17, 15) is 14.7 Å². The van der Waals surface area contributed by atoms with Gasteiger partial charge in [-0.3, -0.25) is 4.79 Å². The summed E-state index contributed by atoms with van der Waals surface area (Å²) in [5.41, 5.74) is 0. The van der Waals surface area contributed by atoms with Crippen LogP contribution in [0.25, 0.3) is 0 Å². The summed E-state index contributed by atoms with van der Waals surface area (Å²) in [6, 6.07) is -0.841. The Morgan fingerprint density at radius 3 is 2.40 bits per heavy atom. The van der Waals surface area contributed by atoms with Crippen molar-refractivity contribution in [3.05, 3.63) is 12.2 Å². The number of hydrogen-bond acceptors (Lipinski definition) is 4. The summed E-state index contributed by atoms with van der Waals surface area (Å²) in [6.45, 7) is 3.49. The summed E-state index contributed by atoms with van der Waals surface area (Å²) >= 11 is 0. The zero-order valence-electron chi connectivity index (χ0n) is 12.7. The van der Waals surface area contributed by atoms with Gasteiger partial charge in [0, 0.05) is 6.92 Å². The number of carbonyl (C=O) groups is 2. The Balaban J connectivity index is 4.12. The van der Waals surface area contributed by atoms with Crippen LogP contribution in [0.4, 0.5) is 0 Å². The van der Waals surface area contributed by atoms with Gasteiger partial charge in [0.25, 0.3) is 0 Å². The molecule has 0 aromatic heterocycles. The Hall–Kier alpha value is -1.36. The largest absolute Gasteiger partial charge is 0.467 e. The van der Waals surface area contributed by atoms with E-state index in [1.54, 1.807) is 0 Å². The number of unbranched alkanes of at least 4 members (excludes halogenated alkanes) is 4. The van der Waals surface area contributed by atoms with Crippen molar-refractivity contribution in [3.63, 3.8) is 0 Å². The van der Waals surface area contributed by atoms with Gasteiger partial charge in [-0.25, -0.2) is 4.79 Å². The van der Waals surface area contributed by atoms with Crippen molar-refractivity contribution in [3.8, 4) is 0 Å². The van der Waals surface area contributed by atoms with Gasteiger partial charge in [-0.15, -0.1) is 0 Å². The third-order valence-electron chi connectivity index (χ3n) is 2.94. The molecule has 0 saturated heterocycles. The maximum Gasteiger partial charge on any atom is 0.332 e. The second-order valence-corrected chi connectivity index (χ2v) is 4.86. The molecule has 0 rings (SSSR count). The average Bonchev–Trinajstić information content (AvgIpc) is 2.41. The van der Waals surface area contributed by atoms with Crippen molar-refractivity contribution in [1.29, 1.82) is 0 Å². The summed E-state index contributed by atoms with van der Waals surface area (Å²) in [5.74, 6) is -0.870. The van der Waals surface area contributed by atoms with Crippen LogP contribution in [0.15, 0.2) is 12.2 Å². The lowest BCUT2D eigenvalue weighted by molar-refractivity contribution is -0.143. The maximum absolute atomic E-state index is 11.4. The molecule has 2 unspecified atom stereocenters. The highest BCUT2D eigenvalue weighted by Gasteiger charge is 2.16. The highest BCUT2D eigenvalue weighted by atomic mass is 16.5. The first-order valence-electron chi connectivity index (χ1n) is 7.22. The first-order chi connectivity index (χ1) is 9.51. The fraction of sp³-hybridized carbons (Fsp3) is 0.733. The number of methoxy groups -OCH3 is 1. The summed E-state index contributed by atoms with van der Waals surface area (Å²) < 4.78 is 4.58. The number of hydrogen-bond donors (Lipinski definition) is 2. The number of rotatable bonds is 10. The number of esters is 1. The van der Waals surface area contributed by atoms with Crippen molar-refractivity contribution >= 4 is 11.9 Å². The molecule has 5 nitrogen and oxygen atoms in total. The fourth-order valence-electron chi connectivity index (χ4n) is 1.82. The van der Waals surface area contributed by atoms with Gasteiger partial charge < -0.3 is 15.2 Å². The summed E-state index contributed by atoms with van der Waals surface area (Å²) in [5, 5.41) is 12.3. The standard InChI is InChI=1S/C15H27NO4/c1-4-5-6-7-8-9-13(18)10-11-14(15(19)20-3)16-12(2)17/h10-11,13-14,18H,4-9H2,1-3H3,(H,16,17)/b11-10+. The van der Waals surface area contributed by atoms with Crippen molar-refractivity contribution in [2.45, 2.75) is 64.5 Å². The van der Waals surface area contributed by atoms with Crippen molar-refractivity contribution in [2.24, 2.45) is 0 Å². The molecule has 0 spiro atoms. The third kappa shape index (κ3) is 9.55. The Labute approximate surface area is 121 Å². The predicted molar refractivity (Wildman–Crippen MR) is 78.1 cm³/mol. The number of amides is 1. The highest BCUT2D eigenvalue weighted by Crippen LogP contribution is 2.08. The smallest absolute Gasteiger partial charge is 0.332 e. The molecule has 0 aliphatic heterocycles. The molecule has 0 aliphatic carbocycles. The molecular weight excluding hydrogens is 258 g/mol. The molecule has 0 aromatic carbocycles. The van der Waals surface area contributed by atoms with E-state index in [4.69, 9.17) is 0 Å². The zero-order chi connectivity index (χ0) is 15.4. The van der Waals surface area contributed by atoms with E-state index in [1.165, 1.54) is 45.4 Å². The normalized spacial score (nSPS) is 14.0. The van der Waals surface area contributed by atoms with Gasteiger partial charge in [0.15, 0.2) is 0 Å². The number of nitrogens with one attached hydrogen (secondary N) is 1. The van der Waals surface area contributed by atoms with Crippen molar-refractivity contribution in [1.82, 2.24) is 5.32 Å². The predicted octanol–water partition coefficient (Wildman–Crippen LogP) is 1.94. The van der Waals surface area contributed by atoms with Crippen molar-refractivity contribution in [2.75, 3.05) is 7.11 Å². The van der Waals surface area contributed by atoms with Gasteiger partial charge in [0.1, 0.15) is 6.04 Å². The maximum atomic E-state index is 11.4. The third-order valence-corrected chi connectivity index (χ3v) is 2.94. The minimum atomic E-state index is -0.841. The number of carbonyl (C=O) groups excluding carboxylic acids is 2. The molecule has 0 fully saturated rings. The average molecular weight is 285 g/mol. The van der Waals surface area contributed by atoms with Crippen LogP contribution in [0, 0.1) is 0 Å². The molecular formula is C15H27NO4. The van der Waals surface area contributed by atoms with Crippen LogP contribution < -0.4 is 5.32 Å². The topological polar surface area (TPSA) is 75.6 Å². The molecule has 1 amide bonds. The number of aliphatic hydroxyl groups is 1. The van der Waals surface area contributed by atoms with E-state index in [0.29, 0.717) is 6.42 Å². The first-order valence-corrected chi connectivity index (χ1v) is 7.22. The Morgan fingerprint density at radius 2 is 1.85 bits per heavy atom. The van der Waals surface area contributed by atoms with E-state index in [0.717, 1.165) is 12.8 Å². The molecule has 0 radical (unpaired) electrons. The van der Waals surface area contributed by atoms with Crippen LogP contribution in [0.3, 0.4) is 0 Å².